The smallest absolute Gasteiger partial charge is 0.406 e. The molecule has 174 valence electrons. The number of hydrogen-bond acceptors (Lipinski definition) is 6. The average Bonchev–Trinajstić information content (AvgIpc) is 2.74. The summed E-state index contributed by atoms with van der Waals surface area (Å²) in [4.78, 5) is 25.0. The Bertz CT molecular complexity index is 1090. The van der Waals surface area contributed by atoms with Gasteiger partial charge in [0.1, 0.15) is 11.6 Å². The third kappa shape index (κ3) is 4.94. The maximum absolute atomic E-state index is 12.5. The first kappa shape index (κ1) is 22.6. The van der Waals surface area contributed by atoms with Crippen LogP contribution in [0.3, 0.4) is 0 Å². The number of aromatic nitrogens is 2. The van der Waals surface area contributed by atoms with Crippen LogP contribution in [0.15, 0.2) is 48.7 Å². The van der Waals surface area contributed by atoms with E-state index in [0.717, 1.165) is 17.8 Å². The number of rotatable bonds is 6. The minimum absolute atomic E-state index is 0.0262. The molecule has 1 aromatic heterocycles. The molecule has 0 aliphatic carbocycles. The maximum Gasteiger partial charge on any atom is 0.573 e. The van der Waals surface area contributed by atoms with Crippen LogP contribution in [0, 0.1) is 0 Å². The molecule has 10 heteroatoms. The van der Waals surface area contributed by atoms with Gasteiger partial charge in [-0.15, -0.1) is 13.2 Å². The van der Waals surface area contributed by atoms with E-state index < -0.39 is 6.36 Å². The van der Waals surface area contributed by atoms with Gasteiger partial charge in [0.05, 0.1) is 11.7 Å². The summed E-state index contributed by atoms with van der Waals surface area (Å²) in [6.45, 7) is 6.63. The number of anilines is 2. The van der Waals surface area contributed by atoms with Crippen LogP contribution in [0.2, 0.25) is 0 Å². The fourth-order valence-electron chi connectivity index (χ4n) is 3.93. The molecule has 1 aromatic carbocycles. The summed E-state index contributed by atoms with van der Waals surface area (Å²) in [6.07, 6.45) is 0.0490. The number of benzene rings is 1. The van der Waals surface area contributed by atoms with E-state index in [0.29, 0.717) is 36.7 Å². The van der Waals surface area contributed by atoms with Gasteiger partial charge in [-0.05, 0) is 42.3 Å². The predicted molar refractivity (Wildman–Crippen MR) is 119 cm³/mol. The first-order chi connectivity index (χ1) is 15.7. The highest BCUT2D eigenvalue weighted by atomic mass is 19.4. The zero-order chi connectivity index (χ0) is 23.8. The van der Waals surface area contributed by atoms with Crippen molar-refractivity contribution in [3.05, 3.63) is 54.3 Å². The normalized spacial score (nSPS) is 16.0. The van der Waals surface area contributed by atoms with Crippen LogP contribution >= 0.6 is 0 Å². The summed E-state index contributed by atoms with van der Waals surface area (Å²) in [5, 5.41) is 2.84. The van der Waals surface area contributed by atoms with Crippen molar-refractivity contribution in [2.45, 2.75) is 32.2 Å². The molecule has 0 saturated carbocycles. The third-order valence-corrected chi connectivity index (χ3v) is 5.60. The second kappa shape index (κ2) is 8.76. The van der Waals surface area contributed by atoms with Crippen molar-refractivity contribution in [2.75, 3.05) is 29.9 Å². The summed E-state index contributed by atoms with van der Waals surface area (Å²) in [5.74, 6) is 0.735. The van der Waals surface area contributed by atoms with E-state index in [1.165, 1.54) is 23.8 Å². The lowest BCUT2D eigenvalue weighted by Gasteiger charge is -2.40. The Labute approximate surface area is 189 Å². The Morgan fingerprint density at radius 3 is 2.58 bits per heavy atom. The molecule has 0 spiro atoms. The van der Waals surface area contributed by atoms with Crippen molar-refractivity contribution in [3.8, 4) is 17.0 Å². The average molecular weight is 459 g/mol. The first-order valence-electron chi connectivity index (χ1n) is 10.5. The topological polar surface area (TPSA) is 70.6 Å². The Balaban J connectivity index is 1.67. The number of carbonyl (C=O) groups excluding carboxylic acids is 1. The van der Waals surface area contributed by atoms with Gasteiger partial charge in [0, 0.05) is 43.9 Å². The number of amides is 1. The molecule has 0 unspecified atom stereocenters. The monoisotopic (exact) mass is 459 g/mol. The van der Waals surface area contributed by atoms with Gasteiger partial charge < -0.3 is 19.9 Å². The zero-order valence-electron chi connectivity index (χ0n) is 18.3. The summed E-state index contributed by atoms with van der Waals surface area (Å²) >= 11 is 0. The quantitative estimate of drug-likeness (QED) is 0.663. The molecule has 1 N–H and O–H groups in total. The van der Waals surface area contributed by atoms with Gasteiger partial charge in [-0.2, -0.15) is 4.98 Å². The Hall–Kier alpha value is -3.56. The first-order valence-corrected chi connectivity index (χ1v) is 10.5. The number of allylic oxidation sites excluding steroid dienone is 1. The molecule has 0 atom stereocenters. The lowest BCUT2D eigenvalue weighted by molar-refractivity contribution is -0.274. The van der Waals surface area contributed by atoms with Crippen molar-refractivity contribution in [1.82, 2.24) is 15.3 Å². The van der Waals surface area contributed by atoms with E-state index in [2.05, 4.69) is 23.6 Å². The molecule has 2 aliphatic rings. The SMILES string of the molecule is C=CC(=O)NC1CN(c2nc(-c3ccc(OC(F)(F)F)cc3)c3c(n2)N(C)C=C(CC)C3)C1. The molecule has 0 bridgehead atoms. The van der Waals surface area contributed by atoms with Gasteiger partial charge in [0.25, 0.3) is 0 Å². The Morgan fingerprint density at radius 2 is 1.97 bits per heavy atom. The highest BCUT2D eigenvalue weighted by molar-refractivity contribution is 5.87. The standard InChI is InChI=1S/C23H24F3N5O2/c1-4-14-10-18-20(15-6-8-17(9-7-15)33-23(24,25)26)28-22(29-21(18)30(3)11-14)31-12-16(13-31)27-19(32)5-2/h5-9,11,16H,2,4,10,12-13H2,1,3H3,(H,27,32). The molecule has 1 amide bonds. The number of alkyl halides is 3. The number of carbonyl (C=O) groups is 1. The lowest BCUT2D eigenvalue weighted by Crippen LogP contribution is -2.59. The van der Waals surface area contributed by atoms with Crippen molar-refractivity contribution in [1.29, 1.82) is 0 Å². The van der Waals surface area contributed by atoms with Gasteiger partial charge in [-0.3, -0.25) is 4.79 Å². The highest BCUT2D eigenvalue weighted by Gasteiger charge is 2.33. The minimum atomic E-state index is -4.75. The summed E-state index contributed by atoms with van der Waals surface area (Å²) in [6, 6.07) is 5.68. The van der Waals surface area contributed by atoms with E-state index in [-0.39, 0.29) is 17.7 Å². The number of halogens is 3. The van der Waals surface area contributed by atoms with E-state index in [1.54, 1.807) is 12.1 Å². The number of hydrogen-bond donors (Lipinski definition) is 1. The van der Waals surface area contributed by atoms with Gasteiger partial charge >= 0.3 is 6.36 Å². The van der Waals surface area contributed by atoms with Crippen LogP contribution in [0.1, 0.15) is 18.9 Å². The Kier molecular flexibility index (Phi) is 6.01. The fraction of sp³-hybridized carbons (Fsp3) is 0.348. The van der Waals surface area contributed by atoms with Crippen LogP contribution in [0.25, 0.3) is 11.3 Å². The van der Waals surface area contributed by atoms with Crippen molar-refractivity contribution >= 4 is 17.7 Å². The van der Waals surface area contributed by atoms with Crippen LogP contribution in [0.4, 0.5) is 24.9 Å². The molecule has 2 aromatic rings. The van der Waals surface area contributed by atoms with E-state index in [1.807, 2.05) is 23.0 Å². The molecule has 1 saturated heterocycles. The second-order valence-electron chi connectivity index (χ2n) is 7.99. The maximum atomic E-state index is 12.5. The summed E-state index contributed by atoms with van der Waals surface area (Å²) < 4.78 is 41.6. The molecule has 0 radical (unpaired) electrons. The molecular weight excluding hydrogens is 435 g/mol. The van der Waals surface area contributed by atoms with Crippen molar-refractivity contribution in [3.63, 3.8) is 0 Å². The molecule has 1 fully saturated rings. The minimum Gasteiger partial charge on any atom is -0.406 e. The lowest BCUT2D eigenvalue weighted by atomic mass is 9.96. The number of fused-ring (bicyclic) bond motifs is 1. The number of nitrogens with zero attached hydrogens (tertiary/aromatic N) is 4. The molecule has 7 nitrogen and oxygen atoms in total. The summed E-state index contributed by atoms with van der Waals surface area (Å²) in [7, 11) is 1.91. The fourth-order valence-corrected chi connectivity index (χ4v) is 3.93. The zero-order valence-corrected chi connectivity index (χ0v) is 18.3. The second-order valence-corrected chi connectivity index (χ2v) is 7.99. The van der Waals surface area contributed by atoms with Crippen molar-refractivity contribution < 1.29 is 22.7 Å². The molecule has 33 heavy (non-hydrogen) atoms. The van der Waals surface area contributed by atoms with E-state index in [9.17, 15) is 18.0 Å². The van der Waals surface area contributed by atoms with Gasteiger partial charge in [0.15, 0.2) is 0 Å². The Morgan fingerprint density at radius 1 is 1.27 bits per heavy atom. The van der Waals surface area contributed by atoms with Gasteiger partial charge in [-0.1, -0.05) is 13.5 Å². The molecule has 2 aliphatic heterocycles. The van der Waals surface area contributed by atoms with Gasteiger partial charge in [-0.25, -0.2) is 4.98 Å². The van der Waals surface area contributed by atoms with Crippen LogP contribution in [0.5, 0.6) is 5.75 Å². The molecular formula is C23H24F3N5O2. The predicted octanol–water partition coefficient (Wildman–Crippen LogP) is 3.82. The summed E-state index contributed by atoms with van der Waals surface area (Å²) in [5.41, 5.74) is 3.46. The number of ether oxygens (including phenoxy) is 1. The molecule has 3 heterocycles. The van der Waals surface area contributed by atoms with E-state index >= 15 is 0 Å². The van der Waals surface area contributed by atoms with Crippen LogP contribution in [-0.2, 0) is 11.2 Å². The molecule has 4 rings (SSSR count). The third-order valence-electron chi connectivity index (χ3n) is 5.60. The van der Waals surface area contributed by atoms with E-state index in [4.69, 9.17) is 9.97 Å². The van der Waals surface area contributed by atoms with Gasteiger partial charge in [0.2, 0.25) is 11.9 Å². The van der Waals surface area contributed by atoms with Crippen molar-refractivity contribution in [2.24, 2.45) is 0 Å². The number of nitrogens with one attached hydrogen (secondary N) is 1. The van der Waals surface area contributed by atoms with Crippen LogP contribution in [-0.4, -0.2) is 48.4 Å². The van der Waals surface area contributed by atoms with Crippen LogP contribution < -0.4 is 19.9 Å². The largest absolute Gasteiger partial charge is 0.573 e. The highest BCUT2D eigenvalue weighted by Crippen LogP contribution is 2.37.